The van der Waals surface area contributed by atoms with Crippen molar-refractivity contribution in [2.24, 2.45) is 0 Å². The van der Waals surface area contributed by atoms with Crippen molar-refractivity contribution in [2.45, 2.75) is 11.8 Å². The monoisotopic (exact) mass is 233 g/mol. The molecule has 0 unspecified atom stereocenters. The second-order valence-electron chi connectivity index (χ2n) is 2.84. The normalized spacial score (nSPS) is 11.3. The number of benzene rings is 1. The van der Waals surface area contributed by atoms with Gasteiger partial charge in [-0.15, -0.1) is 0 Å². The molecular formula is C7H7NO6S. The van der Waals surface area contributed by atoms with Crippen LogP contribution in [0.5, 0.6) is 5.75 Å². The minimum Gasteiger partial charge on any atom is -0.506 e. The van der Waals surface area contributed by atoms with Gasteiger partial charge >= 0.3 is 0 Å². The van der Waals surface area contributed by atoms with E-state index in [2.05, 4.69) is 0 Å². The van der Waals surface area contributed by atoms with Crippen LogP contribution in [-0.4, -0.2) is 23.0 Å². The van der Waals surface area contributed by atoms with Crippen LogP contribution in [0.3, 0.4) is 0 Å². The Hall–Kier alpha value is -1.67. The molecular weight excluding hydrogens is 226 g/mol. The van der Waals surface area contributed by atoms with Crippen LogP contribution in [0.4, 0.5) is 5.69 Å². The second kappa shape index (κ2) is 3.48. The van der Waals surface area contributed by atoms with Gasteiger partial charge in [-0.2, -0.15) is 8.42 Å². The maximum Gasteiger partial charge on any atom is 0.298 e. The molecule has 0 saturated carbocycles. The van der Waals surface area contributed by atoms with Gasteiger partial charge in [-0.05, 0) is 13.0 Å². The highest BCUT2D eigenvalue weighted by atomic mass is 32.2. The van der Waals surface area contributed by atoms with Gasteiger partial charge < -0.3 is 5.11 Å². The number of rotatable bonds is 2. The zero-order chi connectivity index (χ0) is 11.8. The van der Waals surface area contributed by atoms with Crippen LogP contribution in [-0.2, 0) is 10.1 Å². The average molecular weight is 233 g/mol. The summed E-state index contributed by atoms with van der Waals surface area (Å²) in [7, 11) is -4.66. The Balaban J connectivity index is 3.58. The summed E-state index contributed by atoms with van der Waals surface area (Å²) < 4.78 is 30.1. The molecule has 0 saturated heterocycles. The van der Waals surface area contributed by atoms with E-state index in [-0.39, 0.29) is 5.56 Å². The Labute approximate surface area is 84.9 Å². The first-order chi connectivity index (χ1) is 6.73. The molecule has 1 aromatic carbocycles. The van der Waals surface area contributed by atoms with Gasteiger partial charge in [0.2, 0.25) is 0 Å². The Morgan fingerprint density at radius 2 is 1.93 bits per heavy atom. The largest absolute Gasteiger partial charge is 0.506 e. The smallest absolute Gasteiger partial charge is 0.298 e. The molecule has 0 fully saturated rings. The summed E-state index contributed by atoms with van der Waals surface area (Å²) in [5, 5.41) is 19.6. The molecule has 0 heterocycles. The zero-order valence-corrected chi connectivity index (χ0v) is 8.35. The molecule has 8 heteroatoms. The lowest BCUT2D eigenvalue weighted by Gasteiger charge is -2.03. The van der Waals surface area contributed by atoms with Crippen molar-refractivity contribution in [2.75, 3.05) is 0 Å². The summed E-state index contributed by atoms with van der Waals surface area (Å²) >= 11 is 0. The van der Waals surface area contributed by atoms with Crippen molar-refractivity contribution in [3.05, 3.63) is 27.8 Å². The molecule has 15 heavy (non-hydrogen) atoms. The number of phenolic OH excluding ortho intramolecular Hbond substituents is 1. The molecule has 0 radical (unpaired) electrons. The minimum atomic E-state index is -4.66. The first-order valence-electron chi connectivity index (χ1n) is 3.69. The van der Waals surface area contributed by atoms with Gasteiger partial charge in [0, 0.05) is 11.6 Å². The quantitative estimate of drug-likeness (QED) is 0.444. The topological polar surface area (TPSA) is 118 Å². The molecule has 0 spiro atoms. The van der Waals surface area contributed by atoms with E-state index in [1.54, 1.807) is 0 Å². The third kappa shape index (κ3) is 2.22. The summed E-state index contributed by atoms with van der Waals surface area (Å²) in [5.74, 6) is -0.722. The van der Waals surface area contributed by atoms with E-state index in [4.69, 9.17) is 4.55 Å². The maximum absolute atomic E-state index is 10.7. The second-order valence-corrected chi connectivity index (χ2v) is 4.23. The van der Waals surface area contributed by atoms with E-state index in [0.717, 1.165) is 6.07 Å². The molecule has 82 valence electrons. The molecule has 0 bridgehead atoms. The molecule has 0 aliphatic rings. The fourth-order valence-corrected chi connectivity index (χ4v) is 1.65. The molecule has 0 atom stereocenters. The molecule has 2 N–H and O–H groups in total. The van der Waals surface area contributed by atoms with Crippen LogP contribution in [0.25, 0.3) is 0 Å². The average Bonchev–Trinajstić information content (AvgIpc) is 2.00. The van der Waals surface area contributed by atoms with Crippen molar-refractivity contribution >= 4 is 15.8 Å². The lowest BCUT2D eigenvalue weighted by Crippen LogP contribution is -2.01. The molecule has 0 aliphatic heterocycles. The first-order valence-corrected chi connectivity index (χ1v) is 5.13. The van der Waals surface area contributed by atoms with E-state index in [1.165, 1.54) is 6.92 Å². The van der Waals surface area contributed by atoms with Crippen molar-refractivity contribution < 1.29 is 23.0 Å². The van der Waals surface area contributed by atoms with Crippen LogP contribution >= 0.6 is 0 Å². The Bertz CT molecular complexity index is 521. The lowest BCUT2D eigenvalue weighted by molar-refractivity contribution is -0.385. The molecule has 0 aliphatic carbocycles. The van der Waals surface area contributed by atoms with Gasteiger partial charge in [-0.1, -0.05) is 0 Å². The van der Waals surface area contributed by atoms with Crippen molar-refractivity contribution in [1.82, 2.24) is 0 Å². The SMILES string of the molecule is Cc1cc(O)c(S(=O)(=O)O)cc1[N+](=O)[O-]. The first kappa shape index (κ1) is 11.4. The number of aromatic hydroxyl groups is 1. The van der Waals surface area contributed by atoms with E-state index < -0.39 is 31.4 Å². The predicted octanol–water partition coefficient (Wildman–Crippen LogP) is 0.856. The lowest BCUT2D eigenvalue weighted by atomic mass is 10.2. The van der Waals surface area contributed by atoms with Gasteiger partial charge in [-0.3, -0.25) is 14.7 Å². The van der Waals surface area contributed by atoms with Crippen LogP contribution in [0.15, 0.2) is 17.0 Å². The summed E-state index contributed by atoms with van der Waals surface area (Å²) in [5.41, 5.74) is -0.384. The van der Waals surface area contributed by atoms with Crippen LogP contribution < -0.4 is 0 Å². The number of phenols is 1. The zero-order valence-electron chi connectivity index (χ0n) is 7.54. The van der Waals surface area contributed by atoms with E-state index >= 15 is 0 Å². The third-order valence-electron chi connectivity index (χ3n) is 1.75. The molecule has 7 nitrogen and oxygen atoms in total. The molecule has 0 amide bonds. The highest BCUT2D eigenvalue weighted by molar-refractivity contribution is 7.86. The number of nitro groups is 1. The number of hydrogen-bond donors (Lipinski definition) is 2. The molecule has 1 aromatic rings. The van der Waals surface area contributed by atoms with Gasteiger partial charge in [0.15, 0.2) is 0 Å². The number of nitrogens with zero attached hydrogens (tertiary/aromatic N) is 1. The van der Waals surface area contributed by atoms with Gasteiger partial charge in [0.05, 0.1) is 4.92 Å². The van der Waals surface area contributed by atoms with E-state index in [9.17, 15) is 23.6 Å². The third-order valence-corrected chi connectivity index (χ3v) is 2.63. The summed E-state index contributed by atoms with van der Waals surface area (Å²) in [4.78, 5) is 8.78. The van der Waals surface area contributed by atoms with Crippen LogP contribution in [0, 0.1) is 17.0 Å². The summed E-state index contributed by atoms with van der Waals surface area (Å²) in [6, 6.07) is 1.52. The fourth-order valence-electron chi connectivity index (χ4n) is 1.07. The Kier molecular flexibility index (Phi) is 2.65. The van der Waals surface area contributed by atoms with Crippen molar-refractivity contribution in [3.8, 4) is 5.75 Å². The van der Waals surface area contributed by atoms with Crippen molar-refractivity contribution in [3.63, 3.8) is 0 Å². The highest BCUT2D eigenvalue weighted by Gasteiger charge is 2.22. The van der Waals surface area contributed by atoms with E-state index in [0.29, 0.717) is 6.07 Å². The number of aryl methyl sites for hydroxylation is 1. The van der Waals surface area contributed by atoms with Gasteiger partial charge in [0.25, 0.3) is 15.8 Å². The predicted molar refractivity (Wildman–Crippen MR) is 49.3 cm³/mol. The van der Waals surface area contributed by atoms with Crippen molar-refractivity contribution in [1.29, 1.82) is 0 Å². The molecule has 0 aromatic heterocycles. The van der Waals surface area contributed by atoms with Gasteiger partial charge in [0.1, 0.15) is 10.6 Å². The molecule has 1 rings (SSSR count). The number of nitro benzene ring substituents is 1. The van der Waals surface area contributed by atoms with E-state index in [1.807, 2.05) is 0 Å². The van der Waals surface area contributed by atoms with Crippen LogP contribution in [0.2, 0.25) is 0 Å². The van der Waals surface area contributed by atoms with Gasteiger partial charge in [-0.25, -0.2) is 0 Å². The Morgan fingerprint density at radius 3 is 2.33 bits per heavy atom. The fraction of sp³-hybridized carbons (Fsp3) is 0.143. The Morgan fingerprint density at radius 1 is 1.40 bits per heavy atom. The van der Waals surface area contributed by atoms with Crippen LogP contribution in [0.1, 0.15) is 5.56 Å². The minimum absolute atomic E-state index is 0.102. The summed E-state index contributed by atoms with van der Waals surface area (Å²) in [6.45, 7) is 1.34. The maximum atomic E-state index is 10.7. The summed E-state index contributed by atoms with van der Waals surface area (Å²) in [6.07, 6.45) is 0. The highest BCUT2D eigenvalue weighted by Crippen LogP contribution is 2.30. The number of hydrogen-bond acceptors (Lipinski definition) is 5. The standard InChI is InChI=1S/C7H7NO6S/c1-4-2-6(9)7(15(12,13)14)3-5(4)8(10)11/h2-3,9H,1H3,(H,12,13,14).